The third-order valence-electron chi connectivity index (χ3n) is 3.21. The van der Waals surface area contributed by atoms with Gasteiger partial charge in [-0.2, -0.15) is 0 Å². The number of hydrogen-bond acceptors (Lipinski definition) is 6. The van der Waals surface area contributed by atoms with E-state index < -0.39 is 54.2 Å². The molecule has 0 bridgehead atoms. The molecule has 138 valence electrons. The van der Waals surface area contributed by atoms with Crippen LogP contribution in [0.15, 0.2) is 36.4 Å². The van der Waals surface area contributed by atoms with Gasteiger partial charge in [-0.25, -0.2) is 19.2 Å². The zero-order valence-electron chi connectivity index (χ0n) is 13.1. The fraction of sp³-hybridized carbons (Fsp3) is 0. The van der Waals surface area contributed by atoms with E-state index in [0.29, 0.717) is 0 Å². The number of hydrogen-bond donors (Lipinski definition) is 4. The summed E-state index contributed by atoms with van der Waals surface area (Å²) in [4.78, 5) is 44.3. The summed E-state index contributed by atoms with van der Waals surface area (Å²) in [6.07, 6.45) is 0. The van der Waals surface area contributed by atoms with Gasteiger partial charge in [-0.15, -0.1) is 0 Å². The minimum atomic E-state index is -2.86. The van der Waals surface area contributed by atoms with Crippen molar-refractivity contribution in [1.29, 1.82) is 0 Å². The van der Waals surface area contributed by atoms with E-state index in [9.17, 15) is 23.7 Å². The topological polar surface area (TPSA) is 175 Å². The Hall–Kier alpha value is -3.78. The Morgan fingerprint density at radius 2 is 0.963 bits per heavy atom. The van der Waals surface area contributed by atoms with Crippen molar-refractivity contribution in [1.82, 2.24) is 0 Å². The monoisotopic (exact) mass is 393 g/mol. The van der Waals surface area contributed by atoms with Crippen LogP contribution in [-0.4, -0.2) is 44.3 Å². The van der Waals surface area contributed by atoms with Crippen LogP contribution < -0.4 is 9.83 Å². The van der Waals surface area contributed by atoms with Gasteiger partial charge in [-0.3, -0.25) is 4.52 Å². The van der Waals surface area contributed by atoms with Crippen LogP contribution in [0.5, 0.6) is 5.75 Å². The van der Waals surface area contributed by atoms with E-state index in [1.54, 1.807) is 0 Å². The smallest absolute Gasteiger partial charge is 0.478 e. The normalized spacial score (nSPS) is 10.7. The zero-order chi connectivity index (χ0) is 20.3. The molecule has 0 saturated heterocycles. The average Bonchev–Trinajstić information content (AvgIpc) is 2.60. The first-order valence-electron chi connectivity index (χ1n) is 6.97. The summed E-state index contributed by atoms with van der Waals surface area (Å²) in [5.41, 5.74) is -1.75. The molecule has 0 aliphatic carbocycles. The van der Waals surface area contributed by atoms with Crippen LogP contribution in [0.4, 0.5) is 0 Å². The van der Waals surface area contributed by atoms with E-state index in [1.165, 1.54) is 0 Å². The second-order valence-corrected chi connectivity index (χ2v) is 6.30. The van der Waals surface area contributed by atoms with Crippen molar-refractivity contribution >= 4 is 37.2 Å². The average molecular weight is 393 g/mol. The highest BCUT2D eigenvalue weighted by atomic mass is 31.1. The molecule has 2 rings (SSSR count). The Labute approximate surface area is 151 Å². The minimum Gasteiger partial charge on any atom is -0.478 e. The molecule has 0 radical (unpaired) electrons. The standard InChI is InChI=1S/C16H9O10P/c17-13(18)7-1-8(14(19)20)4-11(3-7)26-27(25)12-5-9(15(21)22)2-10(6-12)16(23)24/h1-6H,(H3-,17,18,19,20,21,22,23,24)/p+1. The summed E-state index contributed by atoms with van der Waals surface area (Å²) in [6, 6.07) is 5.48. The molecule has 0 saturated carbocycles. The molecule has 4 N–H and O–H groups in total. The van der Waals surface area contributed by atoms with Crippen molar-refractivity contribution in [3.63, 3.8) is 0 Å². The number of carboxylic acids is 4. The molecule has 10 nitrogen and oxygen atoms in total. The summed E-state index contributed by atoms with van der Waals surface area (Å²) >= 11 is 0. The molecule has 27 heavy (non-hydrogen) atoms. The van der Waals surface area contributed by atoms with Gasteiger partial charge >= 0.3 is 31.9 Å². The highest BCUT2D eigenvalue weighted by Crippen LogP contribution is 2.29. The first-order chi connectivity index (χ1) is 12.6. The van der Waals surface area contributed by atoms with Gasteiger partial charge in [0.2, 0.25) is 5.30 Å². The van der Waals surface area contributed by atoms with Crippen LogP contribution in [0.3, 0.4) is 0 Å². The lowest BCUT2D eigenvalue weighted by Gasteiger charge is -2.02. The number of carboxylic acid groups (broad SMARTS) is 4. The van der Waals surface area contributed by atoms with Crippen molar-refractivity contribution in [2.45, 2.75) is 0 Å². The lowest BCUT2D eigenvalue weighted by Crippen LogP contribution is -2.11. The molecular weight excluding hydrogens is 383 g/mol. The van der Waals surface area contributed by atoms with Crippen molar-refractivity contribution in [3.8, 4) is 5.75 Å². The summed E-state index contributed by atoms with van der Waals surface area (Å²) < 4.78 is 17.4. The predicted molar refractivity (Wildman–Crippen MR) is 88.6 cm³/mol. The van der Waals surface area contributed by atoms with Crippen LogP contribution in [0, 0.1) is 0 Å². The van der Waals surface area contributed by atoms with Crippen LogP contribution >= 0.6 is 8.03 Å². The minimum absolute atomic E-state index is 0.278. The van der Waals surface area contributed by atoms with Gasteiger partial charge in [0, 0.05) is 24.3 Å². The molecule has 0 amide bonds. The van der Waals surface area contributed by atoms with Gasteiger partial charge in [-0.05, 0) is 16.7 Å². The second kappa shape index (κ2) is 7.63. The quantitative estimate of drug-likeness (QED) is 0.508. The first kappa shape index (κ1) is 19.5. The molecule has 0 aromatic heterocycles. The Balaban J connectivity index is 2.45. The van der Waals surface area contributed by atoms with Crippen LogP contribution in [0.25, 0.3) is 0 Å². The Morgan fingerprint density at radius 3 is 1.30 bits per heavy atom. The van der Waals surface area contributed by atoms with Gasteiger partial charge in [0.1, 0.15) is 0 Å². The number of rotatable bonds is 7. The number of aromatic carboxylic acids is 4. The lowest BCUT2D eigenvalue weighted by molar-refractivity contribution is 0.0676. The Kier molecular flexibility index (Phi) is 5.52. The Morgan fingerprint density at radius 1 is 0.630 bits per heavy atom. The van der Waals surface area contributed by atoms with Gasteiger partial charge in [0.25, 0.3) is 0 Å². The summed E-state index contributed by atoms with van der Waals surface area (Å²) in [6.45, 7) is 0. The maximum Gasteiger partial charge on any atom is 0.597 e. The summed E-state index contributed by atoms with van der Waals surface area (Å²) in [5, 5.41) is 35.8. The largest absolute Gasteiger partial charge is 0.597 e. The SMILES string of the molecule is O=C(O)c1cc(O[P+](=O)c2cc(C(=O)O)cc(C(=O)O)c2)cc(C(=O)O)c1. The van der Waals surface area contributed by atoms with E-state index in [1.807, 2.05) is 0 Å². The van der Waals surface area contributed by atoms with Gasteiger partial charge in [0.05, 0.1) is 22.3 Å². The van der Waals surface area contributed by atoms with E-state index in [2.05, 4.69) is 0 Å². The molecule has 0 aliphatic heterocycles. The molecule has 11 heteroatoms. The van der Waals surface area contributed by atoms with E-state index in [4.69, 9.17) is 24.9 Å². The third kappa shape index (κ3) is 4.65. The predicted octanol–water partition coefficient (Wildman–Crippen LogP) is 1.93. The van der Waals surface area contributed by atoms with E-state index >= 15 is 0 Å². The molecule has 1 unspecified atom stereocenters. The fourth-order valence-electron chi connectivity index (χ4n) is 2.01. The molecule has 0 spiro atoms. The maximum atomic E-state index is 12.4. The second-order valence-electron chi connectivity index (χ2n) is 5.08. The third-order valence-corrected chi connectivity index (χ3v) is 4.27. The van der Waals surface area contributed by atoms with Crippen molar-refractivity contribution in [2.75, 3.05) is 0 Å². The molecule has 0 heterocycles. The molecule has 2 aromatic rings. The first-order valence-corrected chi connectivity index (χ1v) is 8.15. The van der Waals surface area contributed by atoms with Gasteiger partial charge in [-0.1, -0.05) is 0 Å². The van der Waals surface area contributed by atoms with Crippen LogP contribution in [0.2, 0.25) is 0 Å². The number of carbonyl (C=O) groups is 4. The molecule has 0 fully saturated rings. The molecule has 0 aliphatic rings. The van der Waals surface area contributed by atoms with Crippen molar-refractivity contribution in [2.24, 2.45) is 0 Å². The van der Waals surface area contributed by atoms with Gasteiger partial charge < -0.3 is 20.4 Å². The molecule has 1 atom stereocenters. The molecular formula is C16H10O10P+. The lowest BCUT2D eigenvalue weighted by atomic mass is 10.1. The van der Waals surface area contributed by atoms with Crippen LogP contribution in [-0.2, 0) is 4.57 Å². The highest BCUT2D eigenvalue weighted by Gasteiger charge is 2.28. The van der Waals surface area contributed by atoms with Crippen LogP contribution in [0.1, 0.15) is 41.4 Å². The fourth-order valence-corrected chi connectivity index (χ4v) is 2.90. The van der Waals surface area contributed by atoms with Crippen molar-refractivity contribution < 1.29 is 48.7 Å². The Bertz CT molecular complexity index is 930. The van der Waals surface area contributed by atoms with Crippen molar-refractivity contribution in [3.05, 3.63) is 58.7 Å². The number of benzene rings is 2. The van der Waals surface area contributed by atoms with E-state index in [-0.39, 0.29) is 11.1 Å². The van der Waals surface area contributed by atoms with Gasteiger partial charge in [0.15, 0.2) is 5.75 Å². The summed E-state index contributed by atoms with van der Waals surface area (Å²) in [5.74, 6) is -6.16. The summed E-state index contributed by atoms with van der Waals surface area (Å²) in [7, 11) is -2.86. The molecule has 2 aromatic carbocycles. The zero-order valence-corrected chi connectivity index (χ0v) is 14.0. The van der Waals surface area contributed by atoms with E-state index in [0.717, 1.165) is 36.4 Å². The maximum absolute atomic E-state index is 12.4. The highest BCUT2D eigenvalue weighted by molar-refractivity contribution is 7.48.